The Morgan fingerprint density at radius 1 is 1.36 bits per heavy atom. The summed E-state index contributed by atoms with van der Waals surface area (Å²) in [5.41, 5.74) is 0. The number of nitrogens with zero attached hydrogens (tertiary/aromatic N) is 1. The van der Waals surface area contributed by atoms with Crippen molar-refractivity contribution >= 4 is 0 Å². The van der Waals surface area contributed by atoms with Crippen LogP contribution in [0.3, 0.4) is 0 Å². The van der Waals surface area contributed by atoms with Crippen LogP contribution in [0.25, 0.3) is 0 Å². The highest BCUT2D eigenvalue weighted by Crippen LogP contribution is 2.15. The molecule has 0 aliphatic heterocycles. The van der Waals surface area contributed by atoms with Crippen molar-refractivity contribution in [2.75, 3.05) is 20.3 Å². The third-order valence-corrected chi connectivity index (χ3v) is 1.42. The standard InChI is InChI=1S/C9H11F2NO2/c1-13-6-9(10,11)7-14-8-4-2-3-5-12-8/h2-5H,6-7H2,1H3. The number of hydrogen-bond donors (Lipinski definition) is 0. The molecule has 0 N–H and O–H groups in total. The molecule has 0 bridgehead atoms. The van der Waals surface area contributed by atoms with Crippen LogP contribution in [0.5, 0.6) is 5.88 Å². The van der Waals surface area contributed by atoms with Gasteiger partial charge in [0.15, 0.2) is 6.61 Å². The molecule has 0 aliphatic rings. The Bertz CT molecular complexity index is 267. The molecule has 1 rings (SSSR count). The van der Waals surface area contributed by atoms with Crippen molar-refractivity contribution in [3.63, 3.8) is 0 Å². The smallest absolute Gasteiger partial charge is 0.304 e. The first-order valence-corrected chi connectivity index (χ1v) is 4.05. The van der Waals surface area contributed by atoms with E-state index in [1.54, 1.807) is 12.1 Å². The first-order chi connectivity index (χ1) is 6.64. The van der Waals surface area contributed by atoms with Gasteiger partial charge < -0.3 is 9.47 Å². The van der Waals surface area contributed by atoms with E-state index in [2.05, 4.69) is 9.72 Å². The van der Waals surface area contributed by atoms with Gasteiger partial charge in [-0.3, -0.25) is 0 Å². The lowest BCUT2D eigenvalue weighted by atomic mass is 10.4. The lowest BCUT2D eigenvalue weighted by Gasteiger charge is -2.15. The van der Waals surface area contributed by atoms with Crippen LogP contribution in [-0.2, 0) is 4.74 Å². The van der Waals surface area contributed by atoms with Gasteiger partial charge in [-0.25, -0.2) is 13.8 Å². The minimum absolute atomic E-state index is 0.184. The average molecular weight is 203 g/mol. The number of rotatable bonds is 5. The first-order valence-electron chi connectivity index (χ1n) is 4.05. The summed E-state index contributed by atoms with van der Waals surface area (Å²) in [6, 6.07) is 4.86. The van der Waals surface area contributed by atoms with Gasteiger partial charge in [0.25, 0.3) is 0 Å². The van der Waals surface area contributed by atoms with E-state index >= 15 is 0 Å². The molecule has 14 heavy (non-hydrogen) atoms. The summed E-state index contributed by atoms with van der Waals surface area (Å²) in [7, 11) is 1.22. The van der Waals surface area contributed by atoms with Gasteiger partial charge in [0.2, 0.25) is 5.88 Å². The molecular formula is C9H11F2NO2. The van der Waals surface area contributed by atoms with E-state index in [0.717, 1.165) is 0 Å². The second-order valence-electron chi connectivity index (χ2n) is 2.75. The van der Waals surface area contributed by atoms with E-state index in [-0.39, 0.29) is 5.88 Å². The Hall–Kier alpha value is -1.23. The van der Waals surface area contributed by atoms with E-state index in [9.17, 15) is 8.78 Å². The van der Waals surface area contributed by atoms with Crippen molar-refractivity contribution in [2.45, 2.75) is 5.92 Å². The van der Waals surface area contributed by atoms with Crippen molar-refractivity contribution in [1.29, 1.82) is 0 Å². The minimum atomic E-state index is -2.98. The highest BCUT2D eigenvalue weighted by Gasteiger charge is 2.30. The number of methoxy groups -OCH3 is 1. The number of alkyl halides is 2. The largest absolute Gasteiger partial charge is 0.471 e. The monoisotopic (exact) mass is 203 g/mol. The number of ether oxygens (including phenoxy) is 2. The molecule has 1 aromatic rings. The summed E-state index contributed by atoms with van der Waals surface area (Å²) in [6.07, 6.45) is 1.48. The molecule has 0 atom stereocenters. The quantitative estimate of drug-likeness (QED) is 0.730. The molecule has 0 radical (unpaired) electrons. The zero-order chi connectivity index (χ0) is 10.4. The number of halogens is 2. The lowest BCUT2D eigenvalue weighted by Crippen LogP contribution is -2.30. The van der Waals surface area contributed by atoms with Crippen LogP contribution in [0, 0.1) is 0 Å². The molecule has 78 valence electrons. The summed E-state index contributed by atoms with van der Waals surface area (Å²) in [6.45, 7) is -1.38. The Kier molecular flexibility index (Phi) is 3.76. The van der Waals surface area contributed by atoms with Crippen molar-refractivity contribution in [1.82, 2.24) is 4.98 Å². The summed E-state index contributed by atoms with van der Waals surface area (Å²) < 4.78 is 34.8. The Labute approximate surface area is 80.7 Å². The van der Waals surface area contributed by atoms with Gasteiger partial charge in [0.1, 0.15) is 6.61 Å². The highest BCUT2D eigenvalue weighted by atomic mass is 19.3. The van der Waals surface area contributed by atoms with Gasteiger partial charge in [-0.05, 0) is 6.07 Å². The maximum absolute atomic E-state index is 12.8. The second kappa shape index (κ2) is 4.85. The topological polar surface area (TPSA) is 31.4 Å². The SMILES string of the molecule is COCC(F)(F)COc1ccccn1. The Balaban J connectivity index is 2.40. The third kappa shape index (κ3) is 3.66. The molecule has 0 saturated heterocycles. The van der Waals surface area contributed by atoms with Crippen LogP contribution in [-0.4, -0.2) is 31.2 Å². The van der Waals surface area contributed by atoms with Crippen LogP contribution in [0.15, 0.2) is 24.4 Å². The van der Waals surface area contributed by atoms with E-state index in [1.165, 1.54) is 19.4 Å². The minimum Gasteiger partial charge on any atom is -0.471 e. The molecule has 0 unspecified atom stereocenters. The molecule has 5 heteroatoms. The van der Waals surface area contributed by atoms with E-state index in [1.807, 2.05) is 0 Å². The fourth-order valence-electron chi connectivity index (χ4n) is 0.865. The summed E-state index contributed by atoms with van der Waals surface area (Å²) in [5.74, 6) is -2.80. The van der Waals surface area contributed by atoms with Gasteiger partial charge in [0, 0.05) is 19.4 Å². The summed E-state index contributed by atoms with van der Waals surface area (Å²) >= 11 is 0. The normalized spacial score (nSPS) is 11.4. The second-order valence-corrected chi connectivity index (χ2v) is 2.75. The molecule has 1 aromatic heterocycles. The predicted molar refractivity (Wildman–Crippen MR) is 46.6 cm³/mol. The summed E-state index contributed by atoms with van der Waals surface area (Å²) in [4.78, 5) is 3.75. The zero-order valence-corrected chi connectivity index (χ0v) is 7.74. The maximum Gasteiger partial charge on any atom is 0.304 e. The van der Waals surface area contributed by atoms with Crippen LogP contribution >= 0.6 is 0 Å². The van der Waals surface area contributed by atoms with Crippen molar-refractivity contribution in [3.8, 4) is 5.88 Å². The van der Waals surface area contributed by atoms with Crippen LogP contribution in [0.1, 0.15) is 0 Å². The molecule has 0 amide bonds. The van der Waals surface area contributed by atoms with Gasteiger partial charge in [-0.15, -0.1) is 0 Å². The van der Waals surface area contributed by atoms with Gasteiger partial charge >= 0.3 is 5.92 Å². The summed E-state index contributed by atoms with van der Waals surface area (Å²) in [5, 5.41) is 0. The van der Waals surface area contributed by atoms with Crippen LogP contribution < -0.4 is 4.74 Å². The predicted octanol–water partition coefficient (Wildman–Crippen LogP) is 1.74. The van der Waals surface area contributed by atoms with Gasteiger partial charge in [0.05, 0.1) is 0 Å². The molecule has 3 nitrogen and oxygen atoms in total. The fourth-order valence-corrected chi connectivity index (χ4v) is 0.865. The third-order valence-electron chi connectivity index (χ3n) is 1.42. The molecular weight excluding hydrogens is 192 g/mol. The van der Waals surface area contributed by atoms with E-state index in [4.69, 9.17) is 4.74 Å². The van der Waals surface area contributed by atoms with Gasteiger partial charge in [-0.2, -0.15) is 0 Å². The van der Waals surface area contributed by atoms with E-state index in [0.29, 0.717) is 0 Å². The fraction of sp³-hybridized carbons (Fsp3) is 0.444. The molecule has 0 fully saturated rings. The molecule has 0 spiro atoms. The number of aromatic nitrogens is 1. The van der Waals surface area contributed by atoms with Crippen molar-refractivity contribution < 1.29 is 18.3 Å². The van der Waals surface area contributed by atoms with Crippen molar-refractivity contribution in [3.05, 3.63) is 24.4 Å². The maximum atomic E-state index is 12.8. The Morgan fingerprint density at radius 2 is 2.14 bits per heavy atom. The van der Waals surface area contributed by atoms with Crippen LogP contribution in [0.2, 0.25) is 0 Å². The number of hydrogen-bond acceptors (Lipinski definition) is 3. The number of pyridine rings is 1. The molecule has 1 heterocycles. The molecule has 0 aliphatic carbocycles. The Morgan fingerprint density at radius 3 is 2.71 bits per heavy atom. The zero-order valence-electron chi connectivity index (χ0n) is 7.74. The molecule has 0 aromatic carbocycles. The molecule has 0 saturated carbocycles. The lowest BCUT2D eigenvalue weighted by molar-refractivity contribution is -0.0917. The highest BCUT2D eigenvalue weighted by molar-refractivity contribution is 5.09. The van der Waals surface area contributed by atoms with Crippen LogP contribution in [0.4, 0.5) is 8.78 Å². The average Bonchev–Trinajstić information content (AvgIpc) is 2.17. The first kappa shape index (κ1) is 10.8. The van der Waals surface area contributed by atoms with Gasteiger partial charge in [-0.1, -0.05) is 6.07 Å². The van der Waals surface area contributed by atoms with Crippen molar-refractivity contribution in [2.24, 2.45) is 0 Å². The van der Waals surface area contributed by atoms with E-state index < -0.39 is 19.1 Å².